The number of anilines is 1. The van der Waals surface area contributed by atoms with Crippen LogP contribution < -0.4 is 5.32 Å². The van der Waals surface area contributed by atoms with Crippen LogP contribution in [0.2, 0.25) is 0 Å². The summed E-state index contributed by atoms with van der Waals surface area (Å²) >= 11 is 0. The SMILES string of the molecule is CC(CO)(CNc1ncnc2c(F)cccc12)Cc1ccccc1. The average Bonchev–Trinajstić information content (AvgIpc) is 2.61. The summed E-state index contributed by atoms with van der Waals surface area (Å²) in [5, 5.41) is 13.7. The molecular weight excluding hydrogens is 305 g/mol. The van der Waals surface area contributed by atoms with Crippen molar-refractivity contribution in [3.8, 4) is 0 Å². The topological polar surface area (TPSA) is 58.0 Å². The third kappa shape index (κ3) is 3.51. The van der Waals surface area contributed by atoms with E-state index in [2.05, 4.69) is 15.3 Å². The number of aliphatic hydroxyl groups excluding tert-OH is 1. The number of aliphatic hydroxyl groups is 1. The first-order valence-electron chi connectivity index (χ1n) is 7.89. The van der Waals surface area contributed by atoms with E-state index < -0.39 is 0 Å². The maximum Gasteiger partial charge on any atom is 0.149 e. The smallest absolute Gasteiger partial charge is 0.149 e. The second-order valence-corrected chi connectivity index (χ2v) is 6.34. The highest BCUT2D eigenvalue weighted by Crippen LogP contribution is 2.25. The normalized spacial score (nSPS) is 13.6. The summed E-state index contributed by atoms with van der Waals surface area (Å²) in [6.07, 6.45) is 2.08. The number of nitrogens with one attached hydrogen (secondary N) is 1. The van der Waals surface area contributed by atoms with E-state index in [1.165, 1.54) is 12.4 Å². The fourth-order valence-electron chi connectivity index (χ4n) is 2.75. The molecule has 0 bridgehead atoms. The Kier molecular flexibility index (Phi) is 4.71. The largest absolute Gasteiger partial charge is 0.396 e. The minimum absolute atomic E-state index is 0.0340. The number of fused-ring (bicyclic) bond motifs is 1. The lowest BCUT2D eigenvalue weighted by atomic mass is 9.84. The second kappa shape index (κ2) is 6.93. The summed E-state index contributed by atoms with van der Waals surface area (Å²) < 4.78 is 13.8. The molecule has 0 radical (unpaired) electrons. The summed E-state index contributed by atoms with van der Waals surface area (Å²) in [7, 11) is 0. The highest BCUT2D eigenvalue weighted by molar-refractivity contribution is 5.89. The molecule has 5 heteroatoms. The van der Waals surface area contributed by atoms with Gasteiger partial charge in [0.1, 0.15) is 23.5 Å². The van der Waals surface area contributed by atoms with Gasteiger partial charge in [-0.1, -0.05) is 43.3 Å². The Bertz CT molecular complexity index is 825. The maximum absolute atomic E-state index is 13.8. The van der Waals surface area contributed by atoms with E-state index in [1.807, 2.05) is 37.3 Å². The fraction of sp³-hybridized carbons (Fsp3) is 0.263. The minimum atomic E-state index is -0.368. The van der Waals surface area contributed by atoms with E-state index in [0.29, 0.717) is 23.3 Å². The Morgan fingerprint density at radius 1 is 1.08 bits per heavy atom. The van der Waals surface area contributed by atoms with Gasteiger partial charge in [-0.05, 0) is 24.1 Å². The molecule has 0 saturated heterocycles. The zero-order valence-electron chi connectivity index (χ0n) is 13.5. The molecule has 0 saturated carbocycles. The molecule has 0 aliphatic rings. The standard InChI is InChI=1S/C19H20FN3O/c1-19(12-24,10-14-6-3-2-4-7-14)11-21-18-15-8-5-9-16(20)17(15)22-13-23-18/h2-9,13,24H,10-12H2,1H3,(H,21,22,23). The predicted molar refractivity (Wildman–Crippen MR) is 93.3 cm³/mol. The van der Waals surface area contributed by atoms with Gasteiger partial charge in [0.25, 0.3) is 0 Å². The number of rotatable bonds is 6. The van der Waals surface area contributed by atoms with Crippen LogP contribution in [0, 0.1) is 11.2 Å². The Labute approximate surface area is 140 Å². The van der Waals surface area contributed by atoms with Crippen LogP contribution in [-0.4, -0.2) is 28.2 Å². The Hall–Kier alpha value is -2.53. The molecule has 3 rings (SSSR count). The van der Waals surface area contributed by atoms with Gasteiger partial charge >= 0.3 is 0 Å². The molecular formula is C19H20FN3O. The van der Waals surface area contributed by atoms with E-state index >= 15 is 0 Å². The van der Waals surface area contributed by atoms with Crippen molar-refractivity contribution in [1.29, 1.82) is 0 Å². The van der Waals surface area contributed by atoms with Gasteiger partial charge < -0.3 is 10.4 Å². The first-order chi connectivity index (χ1) is 11.6. The van der Waals surface area contributed by atoms with Crippen LogP contribution in [0.1, 0.15) is 12.5 Å². The van der Waals surface area contributed by atoms with Crippen LogP contribution in [0.15, 0.2) is 54.9 Å². The monoisotopic (exact) mass is 325 g/mol. The van der Waals surface area contributed by atoms with Crippen LogP contribution in [0.5, 0.6) is 0 Å². The Morgan fingerprint density at radius 2 is 1.88 bits per heavy atom. The molecule has 2 aromatic carbocycles. The first-order valence-corrected chi connectivity index (χ1v) is 7.89. The number of halogens is 1. The van der Waals surface area contributed by atoms with Crippen molar-refractivity contribution in [3.05, 3.63) is 66.2 Å². The van der Waals surface area contributed by atoms with E-state index in [9.17, 15) is 9.50 Å². The minimum Gasteiger partial charge on any atom is -0.396 e. The van der Waals surface area contributed by atoms with Crippen molar-refractivity contribution in [2.45, 2.75) is 13.3 Å². The molecule has 4 nitrogen and oxygen atoms in total. The summed E-state index contributed by atoms with van der Waals surface area (Å²) in [5.41, 5.74) is 1.10. The van der Waals surface area contributed by atoms with Crippen molar-refractivity contribution >= 4 is 16.7 Å². The number of hydrogen-bond donors (Lipinski definition) is 2. The van der Waals surface area contributed by atoms with Crippen molar-refractivity contribution in [1.82, 2.24) is 9.97 Å². The first kappa shape index (κ1) is 16.3. The highest BCUT2D eigenvalue weighted by Gasteiger charge is 2.24. The van der Waals surface area contributed by atoms with Gasteiger partial charge in [0, 0.05) is 17.3 Å². The second-order valence-electron chi connectivity index (χ2n) is 6.34. The van der Waals surface area contributed by atoms with Gasteiger partial charge in [-0.25, -0.2) is 14.4 Å². The quantitative estimate of drug-likeness (QED) is 0.729. The molecule has 1 heterocycles. The lowest BCUT2D eigenvalue weighted by molar-refractivity contribution is 0.153. The maximum atomic E-state index is 13.8. The zero-order chi connectivity index (χ0) is 17.0. The molecule has 124 valence electrons. The number of para-hydroxylation sites is 1. The van der Waals surface area contributed by atoms with Gasteiger partial charge in [0.2, 0.25) is 0 Å². The molecule has 3 aromatic rings. The van der Waals surface area contributed by atoms with Crippen molar-refractivity contribution < 1.29 is 9.50 Å². The van der Waals surface area contributed by atoms with Crippen LogP contribution in [0.4, 0.5) is 10.2 Å². The predicted octanol–water partition coefficient (Wildman–Crippen LogP) is 3.42. The molecule has 0 spiro atoms. The van der Waals surface area contributed by atoms with Crippen LogP contribution in [0.3, 0.4) is 0 Å². The van der Waals surface area contributed by atoms with Gasteiger partial charge in [-0.2, -0.15) is 0 Å². The van der Waals surface area contributed by atoms with Crippen LogP contribution in [-0.2, 0) is 6.42 Å². The fourth-order valence-corrected chi connectivity index (χ4v) is 2.75. The molecule has 24 heavy (non-hydrogen) atoms. The molecule has 1 atom stereocenters. The molecule has 1 unspecified atom stereocenters. The molecule has 2 N–H and O–H groups in total. The van der Waals surface area contributed by atoms with Gasteiger partial charge in [-0.3, -0.25) is 0 Å². The van der Waals surface area contributed by atoms with E-state index in [0.717, 1.165) is 12.0 Å². The lowest BCUT2D eigenvalue weighted by Crippen LogP contribution is -2.33. The molecule has 0 fully saturated rings. The zero-order valence-corrected chi connectivity index (χ0v) is 13.5. The van der Waals surface area contributed by atoms with E-state index in [4.69, 9.17) is 0 Å². The van der Waals surface area contributed by atoms with Crippen LogP contribution >= 0.6 is 0 Å². The van der Waals surface area contributed by atoms with E-state index in [1.54, 1.807) is 12.1 Å². The summed E-state index contributed by atoms with van der Waals surface area (Å²) in [5.74, 6) is 0.208. The summed E-state index contributed by atoms with van der Waals surface area (Å²) in [6.45, 7) is 2.56. The van der Waals surface area contributed by atoms with Crippen LogP contribution in [0.25, 0.3) is 10.9 Å². The third-order valence-electron chi connectivity index (χ3n) is 4.15. The Morgan fingerprint density at radius 3 is 2.62 bits per heavy atom. The number of benzene rings is 2. The third-order valence-corrected chi connectivity index (χ3v) is 4.15. The summed E-state index contributed by atoms with van der Waals surface area (Å²) in [6, 6.07) is 14.8. The number of nitrogens with zero attached hydrogens (tertiary/aromatic N) is 2. The van der Waals surface area contributed by atoms with Gasteiger partial charge in [0.05, 0.1) is 6.61 Å². The van der Waals surface area contributed by atoms with Crippen molar-refractivity contribution in [2.24, 2.45) is 5.41 Å². The number of hydrogen-bond acceptors (Lipinski definition) is 4. The molecule has 1 aromatic heterocycles. The average molecular weight is 325 g/mol. The van der Waals surface area contributed by atoms with Crippen molar-refractivity contribution in [2.75, 3.05) is 18.5 Å². The molecule has 0 amide bonds. The summed E-state index contributed by atoms with van der Waals surface area (Å²) in [4.78, 5) is 8.22. The van der Waals surface area contributed by atoms with Gasteiger partial charge in [-0.15, -0.1) is 0 Å². The Balaban J connectivity index is 1.80. The molecule has 0 aliphatic carbocycles. The van der Waals surface area contributed by atoms with Crippen molar-refractivity contribution in [3.63, 3.8) is 0 Å². The lowest BCUT2D eigenvalue weighted by Gasteiger charge is -2.28. The number of aromatic nitrogens is 2. The van der Waals surface area contributed by atoms with E-state index in [-0.39, 0.29) is 17.8 Å². The highest BCUT2D eigenvalue weighted by atomic mass is 19.1. The molecule has 0 aliphatic heterocycles. The van der Waals surface area contributed by atoms with Gasteiger partial charge in [0.15, 0.2) is 0 Å².